The monoisotopic (exact) mass is 433 g/mol. The number of thiocarbonyl (C=S) groups is 1. The molecule has 0 spiro atoms. The summed E-state index contributed by atoms with van der Waals surface area (Å²) in [6.07, 6.45) is 2.02. The molecule has 0 aromatic carbocycles. The Morgan fingerprint density at radius 1 is 0.793 bits per heavy atom. The molecule has 0 aliphatic carbocycles. The Morgan fingerprint density at radius 2 is 1.34 bits per heavy atom. The molecule has 10 heteroatoms. The van der Waals surface area contributed by atoms with E-state index in [1.165, 1.54) is 0 Å². The van der Waals surface area contributed by atoms with Crippen LogP contribution in [0.15, 0.2) is 0 Å². The van der Waals surface area contributed by atoms with Crippen molar-refractivity contribution in [3.63, 3.8) is 0 Å². The van der Waals surface area contributed by atoms with Gasteiger partial charge in [-0.3, -0.25) is 0 Å². The van der Waals surface area contributed by atoms with Crippen LogP contribution in [0.3, 0.4) is 0 Å². The number of hydrogen-bond donors (Lipinski definition) is 9. The first kappa shape index (κ1) is 28.4. The number of nitrogens with two attached hydrogens (primary N) is 1. The fourth-order valence-corrected chi connectivity index (χ4v) is 3.87. The Balaban J connectivity index is 4.59. The smallest absolute Gasteiger partial charge is 0.166 e. The molecule has 0 radical (unpaired) electrons. The van der Waals surface area contributed by atoms with Gasteiger partial charge in [-0.05, 0) is 59.8 Å². The average Bonchev–Trinajstić information content (AvgIpc) is 2.66. The van der Waals surface area contributed by atoms with E-state index in [-0.39, 0.29) is 11.0 Å². The molecule has 0 amide bonds. The molecule has 0 aromatic heterocycles. The number of hydrogen-bond acceptors (Lipinski definition) is 8. The highest BCUT2D eigenvalue weighted by atomic mass is 32.1. The lowest BCUT2D eigenvalue weighted by Crippen LogP contribution is -2.66. The summed E-state index contributed by atoms with van der Waals surface area (Å²) in [5, 5.41) is 27.7. The molecule has 0 aromatic rings. The summed E-state index contributed by atoms with van der Waals surface area (Å²) >= 11 is 5.52. The van der Waals surface area contributed by atoms with Crippen LogP contribution in [0.4, 0.5) is 0 Å². The Labute approximate surface area is 183 Å². The van der Waals surface area contributed by atoms with Crippen molar-refractivity contribution in [2.24, 2.45) is 11.1 Å². The quantitative estimate of drug-likeness (QED) is 0.0639. The fourth-order valence-electron chi connectivity index (χ4n) is 3.55. The van der Waals surface area contributed by atoms with Crippen LogP contribution >= 0.6 is 12.2 Å². The molecule has 0 saturated carbocycles. The van der Waals surface area contributed by atoms with Gasteiger partial charge in [-0.15, -0.1) is 0 Å². The lowest BCUT2D eigenvalue weighted by Gasteiger charge is -2.36. The Hall–Kier alpha value is -0.590. The third-order valence-corrected chi connectivity index (χ3v) is 5.04. The maximum atomic E-state index is 5.55. The second-order valence-corrected chi connectivity index (χ2v) is 8.53. The summed E-state index contributed by atoms with van der Waals surface area (Å²) in [7, 11) is 7.91. The van der Waals surface area contributed by atoms with Crippen molar-refractivity contribution in [1.29, 1.82) is 0 Å². The van der Waals surface area contributed by atoms with E-state index in [4.69, 9.17) is 18.0 Å². The normalized spacial score (nSPS) is 12.2. The molecule has 0 aliphatic rings. The zero-order valence-corrected chi connectivity index (χ0v) is 20.1. The molecule has 174 valence electrons. The Bertz CT molecular complexity index is 397. The van der Waals surface area contributed by atoms with Gasteiger partial charge in [-0.2, -0.15) is 0 Å². The molecule has 0 unspecified atom stereocenters. The van der Waals surface area contributed by atoms with E-state index in [9.17, 15) is 0 Å². The van der Waals surface area contributed by atoms with Gasteiger partial charge in [0.1, 0.15) is 0 Å². The predicted molar refractivity (Wildman–Crippen MR) is 129 cm³/mol. The van der Waals surface area contributed by atoms with Gasteiger partial charge in [-0.1, -0.05) is 6.92 Å². The SMILES string of the molecule is CNCC(C)(CNC)CNCNCC(CNC)(CNC)NC(=S)NCCCCN. The Morgan fingerprint density at radius 3 is 1.86 bits per heavy atom. The van der Waals surface area contributed by atoms with Crippen molar-refractivity contribution in [3.05, 3.63) is 0 Å². The largest absolute Gasteiger partial charge is 0.363 e. The summed E-state index contributed by atoms with van der Waals surface area (Å²) in [5.74, 6) is 0. The van der Waals surface area contributed by atoms with Gasteiger partial charge in [0.25, 0.3) is 0 Å². The van der Waals surface area contributed by atoms with Gasteiger partial charge >= 0.3 is 0 Å². The molecule has 29 heavy (non-hydrogen) atoms. The second-order valence-electron chi connectivity index (χ2n) is 8.12. The standard InChI is InChI=1S/C19H47N9S/c1-18(10-21-2,11-22-3)12-25-16-26-15-19(13-23-4,14-24-5)28-17(29)27-9-7-6-8-20/h21-26H,6-16,20H2,1-5H3,(H2,27,28,29). The van der Waals surface area contributed by atoms with Crippen molar-refractivity contribution in [2.75, 3.05) is 87.2 Å². The lowest BCUT2D eigenvalue weighted by atomic mass is 9.90. The molecule has 9 nitrogen and oxygen atoms in total. The van der Waals surface area contributed by atoms with E-state index in [1.54, 1.807) is 0 Å². The second kappa shape index (κ2) is 17.1. The molecular formula is C19H47N9S. The molecule has 10 N–H and O–H groups in total. The van der Waals surface area contributed by atoms with Gasteiger partial charge in [0, 0.05) is 57.9 Å². The van der Waals surface area contributed by atoms with Crippen LogP contribution in [0.25, 0.3) is 0 Å². The molecule has 0 saturated heterocycles. The van der Waals surface area contributed by atoms with Crippen LogP contribution in [-0.4, -0.2) is 97.9 Å². The zero-order chi connectivity index (χ0) is 22.0. The third kappa shape index (κ3) is 13.3. The predicted octanol–water partition coefficient (Wildman–Crippen LogP) is -2.05. The van der Waals surface area contributed by atoms with Crippen LogP contribution in [0.5, 0.6) is 0 Å². The van der Waals surface area contributed by atoms with Crippen molar-refractivity contribution in [2.45, 2.75) is 25.3 Å². The van der Waals surface area contributed by atoms with Crippen molar-refractivity contribution in [3.8, 4) is 0 Å². The van der Waals surface area contributed by atoms with Gasteiger partial charge in [0.15, 0.2) is 5.11 Å². The molecule has 0 rings (SSSR count). The molecular weight excluding hydrogens is 386 g/mol. The highest BCUT2D eigenvalue weighted by Gasteiger charge is 2.29. The van der Waals surface area contributed by atoms with E-state index in [1.807, 2.05) is 28.2 Å². The van der Waals surface area contributed by atoms with Gasteiger partial charge in [-0.25, -0.2) is 0 Å². The summed E-state index contributed by atoms with van der Waals surface area (Å²) in [5.41, 5.74) is 5.48. The van der Waals surface area contributed by atoms with Gasteiger partial charge in [0.2, 0.25) is 0 Å². The van der Waals surface area contributed by atoms with E-state index in [0.717, 1.165) is 65.3 Å². The van der Waals surface area contributed by atoms with Gasteiger partial charge < -0.3 is 48.3 Å². The minimum Gasteiger partial charge on any atom is -0.363 e. The van der Waals surface area contributed by atoms with E-state index in [2.05, 4.69) is 49.5 Å². The average molecular weight is 434 g/mol. The summed E-state index contributed by atoms with van der Waals surface area (Å²) in [6.45, 7) is 9.71. The number of nitrogens with one attached hydrogen (secondary N) is 8. The molecule has 0 fully saturated rings. The number of unbranched alkanes of at least 4 members (excludes halogenated alkanes) is 1. The van der Waals surface area contributed by atoms with Crippen molar-refractivity contribution >= 4 is 17.3 Å². The minimum atomic E-state index is -0.234. The lowest BCUT2D eigenvalue weighted by molar-refractivity contribution is 0.277. The summed E-state index contributed by atoms with van der Waals surface area (Å²) in [4.78, 5) is 0. The fraction of sp³-hybridized carbons (Fsp3) is 0.947. The van der Waals surface area contributed by atoms with Crippen molar-refractivity contribution < 1.29 is 0 Å². The molecule has 0 heterocycles. The zero-order valence-electron chi connectivity index (χ0n) is 19.3. The number of rotatable bonds is 19. The maximum Gasteiger partial charge on any atom is 0.166 e. The third-order valence-electron chi connectivity index (χ3n) is 4.80. The summed E-state index contributed by atoms with van der Waals surface area (Å²) < 4.78 is 0. The van der Waals surface area contributed by atoms with E-state index in [0.29, 0.717) is 11.7 Å². The molecule has 0 atom stereocenters. The van der Waals surface area contributed by atoms with Crippen LogP contribution in [0.2, 0.25) is 0 Å². The van der Waals surface area contributed by atoms with Crippen LogP contribution < -0.4 is 48.3 Å². The van der Waals surface area contributed by atoms with Crippen LogP contribution in [0.1, 0.15) is 19.8 Å². The summed E-state index contributed by atoms with van der Waals surface area (Å²) in [6, 6.07) is 0. The first-order valence-corrected chi connectivity index (χ1v) is 11.1. The van der Waals surface area contributed by atoms with Crippen LogP contribution in [0, 0.1) is 5.41 Å². The minimum absolute atomic E-state index is 0.158. The first-order valence-electron chi connectivity index (χ1n) is 10.7. The maximum absolute atomic E-state index is 5.55. The number of likely N-dealkylation sites (N-methyl/N-ethyl adjacent to an activating group) is 2. The van der Waals surface area contributed by atoms with Gasteiger partial charge in [0.05, 0.1) is 5.54 Å². The topological polar surface area (TPSA) is 122 Å². The Kier molecular flexibility index (Phi) is 16.8. The molecule has 0 bridgehead atoms. The first-order chi connectivity index (χ1) is 13.9. The van der Waals surface area contributed by atoms with E-state index >= 15 is 0 Å². The van der Waals surface area contributed by atoms with E-state index < -0.39 is 0 Å². The highest BCUT2D eigenvalue weighted by molar-refractivity contribution is 7.80. The molecule has 0 aliphatic heterocycles. The van der Waals surface area contributed by atoms with Crippen molar-refractivity contribution in [1.82, 2.24) is 42.5 Å². The van der Waals surface area contributed by atoms with Crippen LogP contribution in [-0.2, 0) is 0 Å². The highest BCUT2D eigenvalue weighted by Crippen LogP contribution is 2.11.